The number of rotatable bonds is 2. The molecule has 15 heavy (non-hydrogen) atoms. The minimum atomic E-state index is -4.55. The van der Waals surface area contributed by atoms with Crippen molar-refractivity contribution in [1.82, 2.24) is 9.62 Å². The molecule has 2 atom stereocenters. The van der Waals surface area contributed by atoms with Gasteiger partial charge in [0, 0.05) is 0 Å². The Balaban J connectivity index is 2.71. The van der Waals surface area contributed by atoms with Gasteiger partial charge in [-0.3, -0.25) is 9.35 Å². The van der Waals surface area contributed by atoms with Crippen LogP contribution in [0.2, 0.25) is 0 Å². The summed E-state index contributed by atoms with van der Waals surface area (Å²) in [5.74, 6) is -0.893. The smallest absolute Gasteiger partial charge is 0.407 e. The molecule has 2 amide bonds. The van der Waals surface area contributed by atoms with E-state index in [4.69, 9.17) is 4.55 Å². The Kier molecular flexibility index (Phi) is 2.86. The zero-order valence-corrected chi connectivity index (χ0v) is 8.82. The molecule has 0 saturated carbocycles. The largest absolute Gasteiger partial charge is 0.453 e. The van der Waals surface area contributed by atoms with Crippen LogP contribution in [0.5, 0.6) is 0 Å². The molecule has 0 radical (unpaired) electrons. The van der Waals surface area contributed by atoms with Crippen molar-refractivity contribution >= 4 is 22.3 Å². The Morgan fingerprint density at radius 3 is 2.47 bits per heavy atom. The van der Waals surface area contributed by atoms with Crippen molar-refractivity contribution in [3.63, 3.8) is 0 Å². The monoisotopic (exact) mass is 238 g/mol. The van der Waals surface area contributed by atoms with Crippen LogP contribution in [0.4, 0.5) is 4.79 Å². The van der Waals surface area contributed by atoms with Crippen molar-refractivity contribution < 1.29 is 27.3 Å². The number of ether oxygens (including phenoxy) is 1. The van der Waals surface area contributed by atoms with Gasteiger partial charge in [-0.1, -0.05) is 0 Å². The van der Waals surface area contributed by atoms with Crippen molar-refractivity contribution in [3.8, 4) is 0 Å². The van der Waals surface area contributed by atoms with Crippen LogP contribution in [0.1, 0.15) is 6.92 Å². The number of β-lactam (4-membered cyclic amide) rings is 1. The maximum atomic E-state index is 11.2. The van der Waals surface area contributed by atoms with Gasteiger partial charge in [-0.2, -0.15) is 8.42 Å². The third-order valence-electron chi connectivity index (χ3n) is 2.04. The molecule has 1 aliphatic rings. The Labute approximate surface area is 86.1 Å². The second-order valence-corrected chi connectivity index (χ2v) is 4.26. The molecular formula is C6H10N2O6S. The molecule has 1 unspecified atom stereocenters. The number of hydrogen-bond acceptors (Lipinski definition) is 5. The first-order valence-electron chi connectivity index (χ1n) is 3.94. The average molecular weight is 238 g/mol. The van der Waals surface area contributed by atoms with Crippen LogP contribution in [-0.4, -0.2) is 48.5 Å². The van der Waals surface area contributed by atoms with E-state index in [9.17, 15) is 18.0 Å². The lowest BCUT2D eigenvalue weighted by molar-refractivity contribution is -0.141. The van der Waals surface area contributed by atoms with Gasteiger partial charge in [0.1, 0.15) is 6.04 Å². The van der Waals surface area contributed by atoms with Crippen molar-refractivity contribution in [2.45, 2.75) is 19.0 Å². The molecule has 2 N–H and O–H groups in total. The number of methoxy groups -OCH3 is 1. The molecule has 86 valence electrons. The van der Waals surface area contributed by atoms with E-state index in [0.29, 0.717) is 0 Å². The van der Waals surface area contributed by atoms with Gasteiger partial charge in [-0.05, 0) is 6.92 Å². The van der Waals surface area contributed by atoms with E-state index in [-0.39, 0.29) is 4.31 Å². The molecular weight excluding hydrogens is 228 g/mol. The summed E-state index contributed by atoms with van der Waals surface area (Å²) in [6.45, 7) is 1.37. The third kappa shape index (κ3) is 2.02. The van der Waals surface area contributed by atoms with E-state index < -0.39 is 34.4 Å². The van der Waals surface area contributed by atoms with E-state index in [1.807, 2.05) is 0 Å². The number of amides is 2. The summed E-state index contributed by atoms with van der Waals surface area (Å²) >= 11 is 0. The highest BCUT2D eigenvalue weighted by atomic mass is 32.2. The Morgan fingerprint density at radius 1 is 1.60 bits per heavy atom. The van der Waals surface area contributed by atoms with Crippen LogP contribution >= 0.6 is 0 Å². The predicted molar refractivity (Wildman–Crippen MR) is 47.2 cm³/mol. The molecule has 8 nitrogen and oxygen atoms in total. The molecule has 0 bridgehead atoms. The molecule has 9 heteroatoms. The molecule has 0 aromatic carbocycles. The van der Waals surface area contributed by atoms with E-state index in [2.05, 4.69) is 10.1 Å². The highest BCUT2D eigenvalue weighted by molar-refractivity contribution is 7.84. The molecule has 0 aromatic heterocycles. The second-order valence-electron chi connectivity index (χ2n) is 2.97. The Hall–Kier alpha value is -1.35. The van der Waals surface area contributed by atoms with Crippen LogP contribution in [-0.2, 0) is 19.8 Å². The quantitative estimate of drug-likeness (QED) is 0.459. The van der Waals surface area contributed by atoms with Gasteiger partial charge >= 0.3 is 16.4 Å². The zero-order valence-electron chi connectivity index (χ0n) is 8.00. The fourth-order valence-corrected chi connectivity index (χ4v) is 2.17. The molecule has 1 fully saturated rings. The average Bonchev–Trinajstić information content (AvgIpc) is 2.11. The van der Waals surface area contributed by atoms with Crippen LogP contribution in [0.3, 0.4) is 0 Å². The van der Waals surface area contributed by atoms with E-state index >= 15 is 0 Å². The molecule has 1 rings (SSSR count). The number of hydrogen-bond donors (Lipinski definition) is 2. The van der Waals surface area contributed by atoms with Crippen LogP contribution < -0.4 is 5.32 Å². The maximum absolute atomic E-state index is 11.2. The first kappa shape index (κ1) is 11.7. The van der Waals surface area contributed by atoms with Gasteiger partial charge in [-0.15, -0.1) is 0 Å². The molecule has 0 spiro atoms. The summed E-state index contributed by atoms with van der Waals surface area (Å²) in [6, 6.07) is -1.81. The topological polar surface area (TPSA) is 113 Å². The molecule has 0 aliphatic carbocycles. The summed E-state index contributed by atoms with van der Waals surface area (Å²) in [5, 5.41) is 2.14. The van der Waals surface area contributed by atoms with Crippen molar-refractivity contribution in [2.75, 3.05) is 7.11 Å². The summed E-state index contributed by atoms with van der Waals surface area (Å²) in [5.41, 5.74) is 0. The fourth-order valence-electron chi connectivity index (χ4n) is 1.29. The molecule has 1 saturated heterocycles. The van der Waals surface area contributed by atoms with E-state index in [1.165, 1.54) is 6.92 Å². The zero-order chi connectivity index (χ0) is 11.8. The highest BCUT2D eigenvalue weighted by Gasteiger charge is 2.51. The molecule has 1 aliphatic heterocycles. The Bertz CT molecular complexity index is 390. The first-order chi connectivity index (χ1) is 6.79. The van der Waals surface area contributed by atoms with Crippen LogP contribution in [0, 0.1) is 0 Å². The summed E-state index contributed by atoms with van der Waals surface area (Å²) in [4.78, 5) is 21.9. The normalized spacial score (nSPS) is 25.8. The summed E-state index contributed by atoms with van der Waals surface area (Å²) in [6.07, 6.45) is -0.838. The SMILES string of the molecule is COC(=O)N[C@@H]1C(=O)N(S(=O)(=O)O)C1C. The van der Waals surface area contributed by atoms with Gasteiger partial charge in [0.25, 0.3) is 5.91 Å². The maximum Gasteiger partial charge on any atom is 0.407 e. The third-order valence-corrected chi connectivity index (χ3v) is 3.05. The number of carbonyl (C=O) groups is 2. The fraction of sp³-hybridized carbons (Fsp3) is 0.667. The number of nitrogens with one attached hydrogen (secondary N) is 1. The predicted octanol–water partition coefficient (Wildman–Crippen LogP) is -1.26. The lowest BCUT2D eigenvalue weighted by Crippen LogP contribution is -2.70. The van der Waals surface area contributed by atoms with Gasteiger partial charge < -0.3 is 10.1 Å². The van der Waals surface area contributed by atoms with Gasteiger partial charge in [0.15, 0.2) is 0 Å². The first-order valence-corrected chi connectivity index (χ1v) is 5.34. The summed E-state index contributed by atoms with van der Waals surface area (Å²) in [7, 11) is -3.43. The molecule has 0 aromatic rings. The lowest BCUT2D eigenvalue weighted by atomic mass is 10.0. The number of alkyl carbamates (subject to hydrolysis) is 1. The van der Waals surface area contributed by atoms with Crippen LogP contribution in [0.15, 0.2) is 0 Å². The van der Waals surface area contributed by atoms with Gasteiger partial charge in [-0.25, -0.2) is 9.10 Å². The number of nitrogens with zero attached hydrogens (tertiary/aromatic N) is 1. The van der Waals surface area contributed by atoms with Crippen molar-refractivity contribution in [1.29, 1.82) is 0 Å². The van der Waals surface area contributed by atoms with Gasteiger partial charge in [0.2, 0.25) is 0 Å². The minimum Gasteiger partial charge on any atom is -0.453 e. The summed E-state index contributed by atoms with van der Waals surface area (Å²) < 4.78 is 34.5. The van der Waals surface area contributed by atoms with Crippen LogP contribution in [0.25, 0.3) is 0 Å². The van der Waals surface area contributed by atoms with Crippen molar-refractivity contribution in [3.05, 3.63) is 0 Å². The molecule has 1 heterocycles. The Morgan fingerprint density at radius 2 is 2.13 bits per heavy atom. The van der Waals surface area contributed by atoms with Gasteiger partial charge in [0.05, 0.1) is 13.2 Å². The van der Waals surface area contributed by atoms with E-state index in [0.717, 1.165) is 7.11 Å². The van der Waals surface area contributed by atoms with E-state index in [1.54, 1.807) is 0 Å². The number of carbonyl (C=O) groups excluding carboxylic acids is 2. The second kappa shape index (κ2) is 3.66. The van der Waals surface area contributed by atoms with Crippen molar-refractivity contribution in [2.24, 2.45) is 0 Å². The lowest BCUT2D eigenvalue weighted by Gasteiger charge is -2.41. The highest BCUT2D eigenvalue weighted by Crippen LogP contribution is 2.22. The minimum absolute atomic E-state index is 0.285. The standard InChI is InChI=1S/C6H10N2O6S/c1-3-4(7-6(10)14-2)5(9)8(3)15(11,12)13/h3-4H,1-2H3,(H,7,10)(H,11,12,13)/t3?,4-/m0/s1.